The van der Waals surface area contributed by atoms with Crippen LogP contribution in [0.1, 0.15) is 65.2 Å². The van der Waals surface area contributed by atoms with Crippen LogP contribution in [0.2, 0.25) is 0 Å². The van der Waals surface area contributed by atoms with E-state index in [1.807, 2.05) is 6.92 Å². The Labute approximate surface area is 105 Å². The van der Waals surface area contributed by atoms with Crippen LogP contribution in [0.15, 0.2) is 0 Å². The normalized spacial score (nSPS) is 32.6. The third-order valence-electron chi connectivity index (χ3n) is 4.60. The van der Waals surface area contributed by atoms with Gasteiger partial charge in [0.2, 0.25) is 5.91 Å². The largest absolute Gasteiger partial charge is 0.325 e. The molecule has 1 atom stereocenters. The summed E-state index contributed by atoms with van der Waals surface area (Å²) >= 11 is 0. The molecule has 0 spiro atoms. The molecular weight excluding hydrogens is 212 g/mol. The van der Waals surface area contributed by atoms with Crippen molar-refractivity contribution in [1.29, 1.82) is 0 Å². The molecule has 2 rings (SSSR count). The molecule has 2 fully saturated rings. The molecule has 17 heavy (non-hydrogen) atoms. The lowest BCUT2D eigenvalue weighted by Crippen LogP contribution is -2.45. The molecule has 0 aromatic carbocycles. The van der Waals surface area contributed by atoms with E-state index in [1.165, 1.54) is 44.9 Å². The number of amides is 1. The molecule has 2 aliphatic rings. The van der Waals surface area contributed by atoms with Crippen LogP contribution >= 0.6 is 0 Å². The van der Waals surface area contributed by atoms with Gasteiger partial charge in [-0.25, -0.2) is 0 Å². The summed E-state index contributed by atoms with van der Waals surface area (Å²) in [5, 5.41) is 3.39. The monoisotopic (exact) mass is 238 g/mol. The van der Waals surface area contributed by atoms with Gasteiger partial charge in [-0.2, -0.15) is 0 Å². The molecule has 1 saturated heterocycles. The first-order chi connectivity index (χ1) is 8.17. The van der Waals surface area contributed by atoms with Gasteiger partial charge in [-0.05, 0) is 26.2 Å². The highest BCUT2D eigenvalue weighted by molar-refractivity contribution is 5.88. The second-order valence-electron chi connectivity index (χ2n) is 5.79. The number of hydrogen-bond donors (Lipinski definition) is 1. The third-order valence-corrected chi connectivity index (χ3v) is 4.60. The molecule has 0 radical (unpaired) electrons. The summed E-state index contributed by atoms with van der Waals surface area (Å²) in [5.74, 6) is 0.325. The zero-order valence-electron chi connectivity index (χ0n) is 11.3. The maximum absolute atomic E-state index is 12.4. The van der Waals surface area contributed by atoms with Gasteiger partial charge in [0.1, 0.15) is 0 Å². The van der Waals surface area contributed by atoms with E-state index in [4.69, 9.17) is 0 Å². The van der Waals surface area contributed by atoms with Crippen molar-refractivity contribution in [2.75, 3.05) is 6.67 Å². The first kappa shape index (κ1) is 12.9. The van der Waals surface area contributed by atoms with Crippen molar-refractivity contribution in [3.63, 3.8) is 0 Å². The molecule has 3 nitrogen and oxygen atoms in total. The fourth-order valence-corrected chi connectivity index (χ4v) is 3.04. The van der Waals surface area contributed by atoms with Crippen LogP contribution in [0.5, 0.6) is 0 Å². The van der Waals surface area contributed by atoms with Crippen molar-refractivity contribution in [2.24, 2.45) is 0 Å². The Morgan fingerprint density at radius 2 is 1.82 bits per heavy atom. The summed E-state index contributed by atoms with van der Waals surface area (Å²) < 4.78 is 0. The van der Waals surface area contributed by atoms with E-state index in [0.717, 1.165) is 13.1 Å². The van der Waals surface area contributed by atoms with Crippen molar-refractivity contribution in [3.8, 4) is 0 Å². The summed E-state index contributed by atoms with van der Waals surface area (Å²) in [5.41, 5.74) is -0.303. The minimum atomic E-state index is -0.303. The molecule has 0 aromatic rings. The van der Waals surface area contributed by atoms with Gasteiger partial charge in [0.05, 0.1) is 12.2 Å². The van der Waals surface area contributed by atoms with Crippen molar-refractivity contribution in [3.05, 3.63) is 0 Å². The molecule has 0 aromatic heterocycles. The second kappa shape index (κ2) is 5.38. The highest BCUT2D eigenvalue weighted by Crippen LogP contribution is 2.27. The maximum Gasteiger partial charge on any atom is 0.243 e. The molecule has 1 aliphatic carbocycles. The van der Waals surface area contributed by atoms with E-state index in [0.29, 0.717) is 11.9 Å². The molecule has 1 heterocycles. The lowest BCUT2D eigenvalue weighted by molar-refractivity contribution is -0.134. The highest BCUT2D eigenvalue weighted by Gasteiger charge is 2.43. The van der Waals surface area contributed by atoms with Gasteiger partial charge in [-0.3, -0.25) is 10.1 Å². The average molecular weight is 238 g/mol. The molecule has 1 N–H and O–H groups in total. The zero-order chi connectivity index (χ0) is 12.3. The number of nitrogens with zero attached hydrogens (tertiary/aromatic N) is 1. The lowest BCUT2D eigenvalue weighted by Gasteiger charge is -2.30. The number of carbonyl (C=O) groups is 1. The Morgan fingerprint density at radius 1 is 1.24 bits per heavy atom. The van der Waals surface area contributed by atoms with Gasteiger partial charge in [0.25, 0.3) is 0 Å². The van der Waals surface area contributed by atoms with Crippen molar-refractivity contribution in [1.82, 2.24) is 10.2 Å². The predicted octanol–water partition coefficient (Wildman–Crippen LogP) is 2.66. The summed E-state index contributed by atoms with van der Waals surface area (Å²) in [7, 11) is 0. The van der Waals surface area contributed by atoms with Crippen LogP contribution in [-0.2, 0) is 4.79 Å². The predicted molar refractivity (Wildman–Crippen MR) is 69.7 cm³/mol. The van der Waals surface area contributed by atoms with Crippen LogP contribution in [0.3, 0.4) is 0 Å². The fourth-order valence-electron chi connectivity index (χ4n) is 3.04. The van der Waals surface area contributed by atoms with E-state index in [1.54, 1.807) is 0 Å². The van der Waals surface area contributed by atoms with Gasteiger partial charge in [-0.1, -0.05) is 39.0 Å². The fraction of sp³-hybridized carbons (Fsp3) is 0.929. The number of hydrogen-bond acceptors (Lipinski definition) is 2. The zero-order valence-corrected chi connectivity index (χ0v) is 11.3. The number of nitrogens with one attached hydrogen (secondary N) is 1. The van der Waals surface area contributed by atoms with E-state index < -0.39 is 0 Å². The van der Waals surface area contributed by atoms with Crippen LogP contribution in [-0.4, -0.2) is 29.1 Å². The number of rotatable bonds is 2. The Balaban J connectivity index is 1.99. The Hall–Kier alpha value is -0.570. The smallest absolute Gasteiger partial charge is 0.243 e. The Kier molecular flexibility index (Phi) is 4.08. The third kappa shape index (κ3) is 2.65. The van der Waals surface area contributed by atoms with E-state index in [-0.39, 0.29) is 5.54 Å². The minimum absolute atomic E-state index is 0.303. The van der Waals surface area contributed by atoms with Crippen LogP contribution in [0.25, 0.3) is 0 Å². The number of carbonyl (C=O) groups excluding carboxylic acids is 1. The second-order valence-corrected chi connectivity index (χ2v) is 5.79. The molecule has 1 aliphatic heterocycles. The first-order valence-corrected chi connectivity index (χ1v) is 7.23. The van der Waals surface area contributed by atoms with Crippen LogP contribution in [0.4, 0.5) is 0 Å². The maximum atomic E-state index is 12.4. The molecule has 98 valence electrons. The minimum Gasteiger partial charge on any atom is -0.325 e. The SMILES string of the molecule is CCC1(C)NCN(C2CCCCCCC2)C1=O. The van der Waals surface area contributed by atoms with Crippen LogP contribution in [0, 0.1) is 0 Å². The summed E-state index contributed by atoms with van der Waals surface area (Å²) in [6, 6.07) is 0.490. The quantitative estimate of drug-likeness (QED) is 0.802. The Bertz CT molecular complexity index is 271. The molecule has 1 saturated carbocycles. The van der Waals surface area contributed by atoms with Gasteiger partial charge in [0.15, 0.2) is 0 Å². The van der Waals surface area contributed by atoms with Crippen molar-refractivity contribution >= 4 is 5.91 Å². The van der Waals surface area contributed by atoms with Gasteiger partial charge in [-0.15, -0.1) is 0 Å². The summed E-state index contributed by atoms with van der Waals surface area (Å²) in [6.45, 7) is 4.89. The highest BCUT2D eigenvalue weighted by atomic mass is 16.2. The van der Waals surface area contributed by atoms with Crippen molar-refractivity contribution < 1.29 is 4.79 Å². The van der Waals surface area contributed by atoms with E-state index >= 15 is 0 Å². The van der Waals surface area contributed by atoms with E-state index in [9.17, 15) is 4.79 Å². The summed E-state index contributed by atoms with van der Waals surface area (Å²) in [6.07, 6.45) is 9.93. The molecular formula is C14H26N2O. The molecule has 3 heteroatoms. The van der Waals surface area contributed by atoms with Gasteiger partial charge >= 0.3 is 0 Å². The van der Waals surface area contributed by atoms with Gasteiger partial charge < -0.3 is 4.90 Å². The van der Waals surface area contributed by atoms with Gasteiger partial charge in [0, 0.05) is 6.04 Å². The lowest BCUT2D eigenvalue weighted by atomic mass is 9.94. The topological polar surface area (TPSA) is 32.3 Å². The molecule has 0 bridgehead atoms. The Morgan fingerprint density at radius 3 is 2.35 bits per heavy atom. The standard InChI is InChI=1S/C14H26N2O/c1-3-14(2)13(17)16(11-15-14)12-9-7-5-4-6-8-10-12/h12,15H,3-11H2,1-2H3. The van der Waals surface area contributed by atoms with Crippen LogP contribution < -0.4 is 5.32 Å². The van der Waals surface area contributed by atoms with Crippen molar-refractivity contribution in [2.45, 2.75) is 76.8 Å². The summed E-state index contributed by atoms with van der Waals surface area (Å²) in [4.78, 5) is 14.5. The molecule has 1 unspecified atom stereocenters. The molecule has 1 amide bonds. The first-order valence-electron chi connectivity index (χ1n) is 7.23. The average Bonchev–Trinajstić information content (AvgIpc) is 2.58. The van der Waals surface area contributed by atoms with E-state index in [2.05, 4.69) is 17.1 Å².